The van der Waals surface area contributed by atoms with Gasteiger partial charge in [-0.05, 0) is 49.2 Å². The third-order valence-corrected chi connectivity index (χ3v) is 6.69. The van der Waals surface area contributed by atoms with E-state index >= 15 is 0 Å². The zero-order valence-corrected chi connectivity index (χ0v) is 18.6. The van der Waals surface area contributed by atoms with E-state index in [1.165, 1.54) is 4.90 Å². The number of ether oxygens (including phenoxy) is 1. The first-order valence-electron chi connectivity index (χ1n) is 11.5. The lowest BCUT2D eigenvalue weighted by molar-refractivity contribution is -0.116. The Labute approximate surface area is 193 Å². The highest BCUT2D eigenvalue weighted by molar-refractivity contribution is 6.19. The van der Waals surface area contributed by atoms with Gasteiger partial charge in [0.25, 0.3) is 11.8 Å². The number of para-hydroxylation sites is 1. The number of likely N-dealkylation sites (tertiary alicyclic amines) is 1. The molecule has 3 saturated heterocycles. The molecule has 0 aromatic heterocycles. The van der Waals surface area contributed by atoms with Gasteiger partial charge in [-0.15, -0.1) is 0 Å². The SMILES string of the molecule is O=C(c1ccc(N2CCOCC2)cc1)N1CCC(N2CC(=O)N(c3ccccc3)C2=O)CC1. The Morgan fingerprint density at radius 2 is 1.48 bits per heavy atom. The van der Waals surface area contributed by atoms with Crippen LogP contribution in [0.1, 0.15) is 23.2 Å². The van der Waals surface area contributed by atoms with Crippen LogP contribution in [0.15, 0.2) is 54.6 Å². The zero-order valence-electron chi connectivity index (χ0n) is 18.6. The molecule has 0 spiro atoms. The first-order valence-corrected chi connectivity index (χ1v) is 11.5. The number of amides is 4. The molecule has 5 rings (SSSR count). The number of rotatable bonds is 4. The minimum atomic E-state index is -0.269. The summed E-state index contributed by atoms with van der Waals surface area (Å²) in [6, 6.07) is 16.5. The number of carbonyl (C=O) groups is 3. The Balaban J connectivity index is 1.18. The van der Waals surface area contributed by atoms with Crippen molar-refractivity contribution in [2.75, 3.05) is 55.7 Å². The zero-order chi connectivity index (χ0) is 22.8. The van der Waals surface area contributed by atoms with E-state index in [4.69, 9.17) is 4.74 Å². The molecule has 3 heterocycles. The molecule has 0 saturated carbocycles. The van der Waals surface area contributed by atoms with Crippen LogP contribution in [0.25, 0.3) is 0 Å². The molecule has 0 N–H and O–H groups in total. The molecule has 4 amide bonds. The topological polar surface area (TPSA) is 73.4 Å². The van der Waals surface area contributed by atoms with Crippen molar-refractivity contribution in [3.05, 3.63) is 60.2 Å². The molecule has 3 aliphatic heterocycles. The molecule has 0 radical (unpaired) electrons. The third kappa shape index (κ3) is 4.30. The fraction of sp³-hybridized carbons (Fsp3) is 0.400. The third-order valence-electron chi connectivity index (χ3n) is 6.69. The number of hydrogen-bond acceptors (Lipinski definition) is 5. The molecule has 3 fully saturated rings. The highest BCUT2D eigenvalue weighted by Crippen LogP contribution is 2.27. The van der Waals surface area contributed by atoms with E-state index in [0.29, 0.717) is 37.2 Å². The summed E-state index contributed by atoms with van der Waals surface area (Å²) in [7, 11) is 0. The van der Waals surface area contributed by atoms with Gasteiger partial charge < -0.3 is 19.4 Å². The van der Waals surface area contributed by atoms with Crippen LogP contribution in [0.4, 0.5) is 16.2 Å². The molecule has 0 bridgehead atoms. The number of hydrogen-bond donors (Lipinski definition) is 0. The van der Waals surface area contributed by atoms with Crippen LogP contribution in [0, 0.1) is 0 Å². The molecular formula is C25H28N4O4. The number of benzene rings is 2. The number of urea groups is 1. The number of piperidine rings is 1. The van der Waals surface area contributed by atoms with E-state index in [1.807, 2.05) is 47.4 Å². The molecule has 8 heteroatoms. The Hall–Kier alpha value is -3.39. The van der Waals surface area contributed by atoms with E-state index in [0.717, 1.165) is 32.0 Å². The fourth-order valence-corrected chi connectivity index (χ4v) is 4.84. The summed E-state index contributed by atoms with van der Waals surface area (Å²) >= 11 is 0. The number of anilines is 2. The molecule has 33 heavy (non-hydrogen) atoms. The van der Waals surface area contributed by atoms with Crippen molar-refractivity contribution in [2.24, 2.45) is 0 Å². The predicted octanol–water partition coefficient (Wildman–Crippen LogP) is 2.60. The number of imide groups is 1. The van der Waals surface area contributed by atoms with Gasteiger partial charge in [0.1, 0.15) is 6.54 Å². The largest absolute Gasteiger partial charge is 0.378 e. The second kappa shape index (κ2) is 9.23. The van der Waals surface area contributed by atoms with Crippen LogP contribution in [0.2, 0.25) is 0 Å². The van der Waals surface area contributed by atoms with Crippen LogP contribution in [-0.2, 0) is 9.53 Å². The molecular weight excluding hydrogens is 420 g/mol. The average Bonchev–Trinajstić information content (AvgIpc) is 3.18. The summed E-state index contributed by atoms with van der Waals surface area (Å²) in [6.07, 6.45) is 1.33. The molecule has 0 atom stereocenters. The van der Waals surface area contributed by atoms with Crippen LogP contribution in [0.3, 0.4) is 0 Å². The highest BCUT2D eigenvalue weighted by atomic mass is 16.5. The van der Waals surface area contributed by atoms with E-state index in [1.54, 1.807) is 17.0 Å². The predicted molar refractivity (Wildman–Crippen MR) is 124 cm³/mol. The smallest absolute Gasteiger partial charge is 0.332 e. The van der Waals surface area contributed by atoms with E-state index in [9.17, 15) is 14.4 Å². The Kier molecular flexibility index (Phi) is 6.00. The van der Waals surface area contributed by atoms with Crippen LogP contribution in [0.5, 0.6) is 0 Å². The van der Waals surface area contributed by atoms with Gasteiger partial charge in [-0.1, -0.05) is 18.2 Å². The maximum atomic E-state index is 13.0. The Bertz CT molecular complexity index is 1010. The molecule has 172 valence electrons. The molecule has 0 unspecified atom stereocenters. The maximum absolute atomic E-state index is 13.0. The maximum Gasteiger partial charge on any atom is 0.332 e. The molecule has 0 aliphatic carbocycles. The summed E-state index contributed by atoms with van der Waals surface area (Å²) in [6.45, 7) is 4.40. The molecule has 8 nitrogen and oxygen atoms in total. The number of nitrogens with zero attached hydrogens (tertiary/aromatic N) is 4. The van der Waals surface area contributed by atoms with Crippen LogP contribution in [-0.4, -0.2) is 79.6 Å². The second-order valence-corrected chi connectivity index (χ2v) is 8.64. The Morgan fingerprint density at radius 3 is 2.15 bits per heavy atom. The van der Waals surface area contributed by atoms with Gasteiger partial charge in [0.15, 0.2) is 0 Å². The van der Waals surface area contributed by atoms with Gasteiger partial charge >= 0.3 is 6.03 Å². The van der Waals surface area contributed by atoms with Gasteiger partial charge in [0.2, 0.25) is 0 Å². The highest BCUT2D eigenvalue weighted by Gasteiger charge is 2.41. The second-order valence-electron chi connectivity index (χ2n) is 8.64. The summed E-state index contributed by atoms with van der Waals surface area (Å²) < 4.78 is 5.40. The lowest BCUT2D eigenvalue weighted by Crippen LogP contribution is -2.48. The van der Waals surface area contributed by atoms with Crippen molar-refractivity contribution in [1.29, 1.82) is 0 Å². The summed E-state index contributed by atoms with van der Waals surface area (Å²) in [5, 5.41) is 0. The number of morpholine rings is 1. The number of carbonyl (C=O) groups excluding carboxylic acids is 3. The van der Waals surface area contributed by atoms with E-state index in [-0.39, 0.29) is 30.4 Å². The molecule has 3 aliphatic rings. The van der Waals surface area contributed by atoms with Crippen molar-refractivity contribution < 1.29 is 19.1 Å². The minimum absolute atomic E-state index is 0.0108. The van der Waals surface area contributed by atoms with Crippen LogP contribution < -0.4 is 9.80 Å². The van der Waals surface area contributed by atoms with Crippen molar-refractivity contribution in [1.82, 2.24) is 9.80 Å². The van der Waals surface area contributed by atoms with Gasteiger partial charge in [-0.25, -0.2) is 9.69 Å². The van der Waals surface area contributed by atoms with E-state index in [2.05, 4.69) is 4.90 Å². The van der Waals surface area contributed by atoms with Gasteiger partial charge in [-0.2, -0.15) is 0 Å². The summed E-state index contributed by atoms with van der Waals surface area (Å²) in [4.78, 5) is 45.5. The van der Waals surface area contributed by atoms with Crippen molar-refractivity contribution in [3.8, 4) is 0 Å². The van der Waals surface area contributed by atoms with Crippen LogP contribution >= 0.6 is 0 Å². The Morgan fingerprint density at radius 1 is 0.818 bits per heavy atom. The van der Waals surface area contributed by atoms with Crippen molar-refractivity contribution in [2.45, 2.75) is 18.9 Å². The van der Waals surface area contributed by atoms with Gasteiger partial charge in [0.05, 0.1) is 18.9 Å². The lowest BCUT2D eigenvalue weighted by atomic mass is 10.0. The average molecular weight is 449 g/mol. The lowest BCUT2D eigenvalue weighted by Gasteiger charge is -2.36. The van der Waals surface area contributed by atoms with Gasteiger partial charge in [0, 0.05) is 43.5 Å². The minimum Gasteiger partial charge on any atom is -0.378 e. The van der Waals surface area contributed by atoms with E-state index < -0.39 is 0 Å². The normalized spacial score (nSPS) is 20.0. The summed E-state index contributed by atoms with van der Waals surface area (Å²) in [5.74, 6) is -0.193. The quantitative estimate of drug-likeness (QED) is 0.673. The van der Waals surface area contributed by atoms with Crippen molar-refractivity contribution in [3.63, 3.8) is 0 Å². The summed E-state index contributed by atoms with van der Waals surface area (Å²) in [5.41, 5.74) is 2.38. The first kappa shape index (κ1) is 21.5. The fourth-order valence-electron chi connectivity index (χ4n) is 4.84. The molecule has 2 aromatic rings. The first-order chi connectivity index (χ1) is 16.1. The van der Waals surface area contributed by atoms with Crippen molar-refractivity contribution >= 4 is 29.2 Å². The molecule has 2 aromatic carbocycles. The van der Waals surface area contributed by atoms with Gasteiger partial charge in [-0.3, -0.25) is 9.59 Å². The standard InChI is InChI=1S/C25H28N4O4/c30-23-18-28(25(32)29(23)22-4-2-1-3-5-22)21-10-12-27(13-11-21)24(31)19-6-8-20(9-7-19)26-14-16-33-17-15-26/h1-9,21H,10-18H2. The monoisotopic (exact) mass is 448 g/mol.